The molecule has 0 radical (unpaired) electrons. The first-order valence-corrected chi connectivity index (χ1v) is 4.61. The van der Waals surface area contributed by atoms with E-state index in [1.165, 1.54) is 25.3 Å². The number of nitrogens with one attached hydrogen (secondary N) is 1. The monoisotopic (exact) mass is 220 g/mol. The van der Waals surface area contributed by atoms with Crippen molar-refractivity contribution in [1.29, 1.82) is 0 Å². The Kier molecular flexibility index (Phi) is 2.68. The lowest BCUT2D eigenvalue weighted by Gasteiger charge is -2.05. The fourth-order valence-electron chi connectivity index (χ4n) is 1.36. The molecule has 1 aromatic carbocycles. The van der Waals surface area contributed by atoms with E-state index in [4.69, 9.17) is 4.74 Å². The molecule has 0 aliphatic carbocycles. The van der Waals surface area contributed by atoms with Crippen LogP contribution in [0.3, 0.4) is 0 Å². The highest BCUT2D eigenvalue weighted by Gasteiger charge is 2.10. The predicted molar refractivity (Wildman–Crippen MR) is 56.8 cm³/mol. The van der Waals surface area contributed by atoms with E-state index in [1.54, 1.807) is 12.1 Å². The molecule has 4 nitrogen and oxygen atoms in total. The van der Waals surface area contributed by atoms with Gasteiger partial charge in [0.2, 0.25) is 0 Å². The highest BCUT2D eigenvalue weighted by atomic mass is 19.1. The Balaban J connectivity index is 2.56. The number of aromatic nitrogens is 2. The van der Waals surface area contributed by atoms with Crippen molar-refractivity contribution >= 4 is 0 Å². The molecule has 82 valence electrons. The van der Waals surface area contributed by atoms with E-state index in [2.05, 4.69) is 10.2 Å². The number of methoxy groups -OCH3 is 1. The molecule has 0 atom stereocenters. The number of aromatic amines is 1. The number of benzene rings is 1. The van der Waals surface area contributed by atoms with Crippen molar-refractivity contribution < 1.29 is 9.13 Å². The van der Waals surface area contributed by atoms with Crippen molar-refractivity contribution in [3.8, 4) is 17.0 Å². The first-order valence-electron chi connectivity index (χ1n) is 4.61. The average molecular weight is 220 g/mol. The molecule has 1 heterocycles. The van der Waals surface area contributed by atoms with Crippen LogP contribution in [-0.2, 0) is 0 Å². The topological polar surface area (TPSA) is 55.0 Å². The van der Waals surface area contributed by atoms with Crippen LogP contribution in [-0.4, -0.2) is 17.3 Å². The second kappa shape index (κ2) is 4.14. The minimum absolute atomic E-state index is 0.144. The molecule has 0 saturated heterocycles. The summed E-state index contributed by atoms with van der Waals surface area (Å²) in [5.41, 5.74) is 0.318. The standard InChI is InChI=1S/C11H9FN2O2/c1-16-9-4-2-3-7(11(9)12)8-5-6-10(15)14-13-8/h2-6H,1H3,(H,14,15). The molecule has 0 aliphatic heterocycles. The smallest absolute Gasteiger partial charge is 0.264 e. The van der Waals surface area contributed by atoms with Crippen molar-refractivity contribution in [3.05, 3.63) is 46.5 Å². The third-order valence-corrected chi connectivity index (χ3v) is 2.14. The van der Waals surface area contributed by atoms with Crippen LogP contribution < -0.4 is 10.3 Å². The molecular formula is C11H9FN2O2. The number of rotatable bonds is 2. The molecular weight excluding hydrogens is 211 g/mol. The summed E-state index contributed by atoms with van der Waals surface area (Å²) in [6.45, 7) is 0. The fourth-order valence-corrected chi connectivity index (χ4v) is 1.36. The van der Waals surface area contributed by atoms with Crippen LogP contribution in [0.5, 0.6) is 5.75 Å². The summed E-state index contributed by atoms with van der Waals surface area (Å²) in [5.74, 6) is -0.352. The highest BCUT2D eigenvalue weighted by Crippen LogP contribution is 2.26. The minimum atomic E-state index is -0.496. The zero-order valence-corrected chi connectivity index (χ0v) is 8.53. The first-order chi connectivity index (χ1) is 7.72. The zero-order valence-electron chi connectivity index (χ0n) is 8.53. The number of nitrogens with zero attached hydrogens (tertiary/aromatic N) is 1. The number of hydrogen-bond acceptors (Lipinski definition) is 3. The van der Waals surface area contributed by atoms with Gasteiger partial charge in [-0.2, -0.15) is 5.10 Å². The van der Waals surface area contributed by atoms with Crippen LogP contribution in [0, 0.1) is 5.82 Å². The third-order valence-electron chi connectivity index (χ3n) is 2.14. The third kappa shape index (κ3) is 1.79. The molecule has 0 aliphatic rings. The van der Waals surface area contributed by atoms with Crippen molar-refractivity contribution in [2.24, 2.45) is 0 Å². The zero-order chi connectivity index (χ0) is 11.5. The predicted octanol–water partition coefficient (Wildman–Crippen LogP) is 1.58. The van der Waals surface area contributed by atoms with E-state index in [-0.39, 0.29) is 16.9 Å². The molecule has 16 heavy (non-hydrogen) atoms. The van der Waals surface area contributed by atoms with E-state index in [1.807, 2.05) is 0 Å². The van der Waals surface area contributed by atoms with Gasteiger partial charge < -0.3 is 4.74 Å². The van der Waals surface area contributed by atoms with Gasteiger partial charge in [0, 0.05) is 11.6 Å². The summed E-state index contributed by atoms with van der Waals surface area (Å²) in [6, 6.07) is 7.49. The van der Waals surface area contributed by atoms with E-state index >= 15 is 0 Å². The number of ether oxygens (including phenoxy) is 1. The van der Waals surface area contributed by atoms with Gasteiger partial charge in [-0.05, 0) is 18.2 Å². The van der Waals surface area contributed by atoms with Gasteiger partial charge in [0.1, 0.15) is 0 Å². The Morgan fingerprint density at radius 1 is 1.31 bits per heavy atom. The van der Waals surface area contributed by atoms with Gasteiger partial charge in [-0.25, -0.2) is 9.49 Å². The van der Waals surface area contributed by atoms with Crippen LogP contribution in [0.15, 0.2) is 35.1 Å². The molecule has 2 aromatic rings. The van der Waals surface area contributed by atoms with Gasteiger partial charge in [-0.3, -0.25) is 4.79 Å². The molecule has 0 saturated carbocycles. The van der Waals surface area contributed by atoms with Crippen molar-refractivity contribution in [2.75, 3.05) is 7.11 Å². The van der Waals surface area contributed by atoms with Gasteiger partial charge in [0.05, 0.1) is 12.8 Å². The maximum Gasteiger partial charge on any atom is 0.264 e. The van der Waals surface area contributed by atoms with Gasteiger partial charge in [0.25, 0.3) is 5.56 Å². The Labute approximate surface area is 90.7 Å². The maximum absolute atomic E-state index is 13.8. The SMILES string of the molecule is COc1cccc(-c2ccc(=O)[nH]n2)c1F. The maximum atomic E-state index is 13.8. The quantitative estimate of drug-likeness (QED) is 0.836. The van der Waals surface area contributed by atoms with E-state index in [0.717, 1.165) is 0 Å². The summed E-state index contributed by atoms with van der Waals surface area (Å²) in [7, 11) is 1.39. The van der Waals surface area contributed by atoms with Crippen LogP contribution >= 0.6 is 0 Å². The molecule has 0 fully saturated rings. The van der Waals surface area contributed by atoms with E-state index < -0.39 is 5.82 Å². The van der Waals surface area contributed by atoms with Crippen LogP contribution in [0.1, 0.15) is 0 Å². The normalized spacial score (nSPS) is 10.1. The Morgan fingerprint density at radius 3 is 2.75 bits per heavy atom. The summed E-state index contributed by atoms with van der Waals surface area (Å²) < 4.78 is 18.7. The molecule has 0 unspecified atom stereocenters. The van der Waals surface area contributed by atoms with Crippen LogP contribution in [0.25, 0.3) is 11.3 Å². The fraction of sp³-hybridized carbons (Fsp3) is 0.0909. The lowest BCUT2D eigenvalue weighted by Crippen LogP contribution is -2.06. The Bertz CT molecular complexity index is 546. The largest absolute Gasteiger partial charge is 0.494 e. The molecule has 1 N–H and O–H groups in total. The molecule has 0 spiro atoms. The van der Waals surface area contributed by atoms with Crippen molar-refractivity contribution in [3.63, 3.8) is 0 Å². The summed E-state index contributed by atoms with van der Waals surface area (Å²) in [4.78, 5) is 10.8. The van der Waals surface area contributed by atoms with Gasteiger partial charge in [0.15, 0.2) is 11.6 Å². The first kappa shape index (κ1) is 10.4. The second-order valence-corrected chi connectivity index (χ2v) is 3.13. The Hall–Kier alpha value is -2.17. The minimum Gasteiger partial charge on any atom is -0.494 e. The number of H-pyrrole nitrogens is 1. The lowest BCUT2D eigenvalue weighted by atomic mass is 10.1. The van der Waals surface area contributed by atoms with Gasteiger partial charge in [-0.1, -0.05) is 6.07 Å². The average Bonchev–Trinajstić information content (AvgIpc) is 2.31. The highest BCUT2D eigenvalue weighted by molar-refractivity contribution is 5.61. The lowest BCUT2D eigenvalue weighted by molar-refractivity contribution is 0.387. The number of hydrogen-bond donors (Lipinski definition) is 1. The molecule has 0 amide bonds. The summed E-state index contributed by atoms with van der Waals surface area (Å²) in [6.07, 6.45) is 0. The molecule has 1 aromatic heterocycles. The van der Waals surface area contributed by atoms with Crippen molar-refractivity contribution in [1.82, 2.24) is 10.2 Å². The summed E-state index contributed by atoms with van der Waals surface area (Å²) in [5, 5.41) is 6.00. The van der Waals surface area contributed by atoms with E-state index in [9.17, 15) is 9.18 Å². The molecule has 0 bridgehead atoms. The second-order valence-electron chi connectivity index (χ2n) is 3.13. The number of halogens is 1. The Morgan fingerprint density at radius 2 is 2.12 bits per heavy atom. The van der Waals surface area contributed by atoms with Crippen LogP contribution in [0.4, 0.5) is 4.39 Å². The molecule has 5 heteroatoms. The summed E-state index contributed by atoms with van der Waals surface area (Å²) >= 11 is 0. The molecule has 2 rings (SSSR count). The van der Waals surface area contributed by atoms with Gasteiger partial charge in [-0.15, -0.1) is 0 Å². The van der Waals surface area contributed by atoms with Crippen molar-refractivity contribution in [2.45, 2.75) is 0 Å². The van der Waals surface area contributed by atoms with Gasteiger partial charge >= 0.3 is 0 Å². The van der Waals surface area contributed by atoms with Crippen LogP contribution in [0.2, 0.25) is 0 Å². The van der Waals surface area contributed by atoms with E-state index in [0.29, 0.717) is 5.69 Å².